The van der Waals surface area contributed by atoms with E-state index in [0.29, 0.717) is 12.6 Å². The van der Waals surface area contributed by atoms with Crippen LogP contribution >= 0.6 is 11.3 Å². The zero-order valence-corrected chi connectivity index (χ0v) is 11.9. The Kier molecular flexibility index (Phi) is 4.72. The molecule has 5 heteroatoms. The van der Waals surface area contributed by atoms with Crippen molar-refractivity contribution in [1.82, 2.24) is 10.3 Å². The van der Waals surface area contributed by atoms with Crippen LogP contribution < -0.4 is 10.6 Å². The molecule has 0 bridgehead atoms. The van der Waals surface area contributed by atoms with Gasteiger partial charge in [0.05, 0.1) is 12.2 Å². The highest BCUT2D eigenvalue weighted by atomic mass is 32.1. The Labute approximate surface area is 112 Å². The average molecular weight is 267 g/mol. The van der Waals surface area contributed by atoms with Crippen molar-refractivity contribution in [3.63, 3.8) is 0 Å². The summed E-state index contributed by atoms with van der Waals surface area (Å²) in [5.41, 5.74) is 1.19. The molecule has 0 saturated carbocycles. The molecule has 2 N–H and O–H groups in total. The fourth-order valence-corrected chi connectivity index (χ4v) is 3.05. The SMILES string of the molecule is CCC(C)NCC(=O)Nc1nc2c(s1)CCCC2. The van der Waals surface area contributed by atoms with Gasteiger partial charge in [0, 0.05) is 10.9 Å². The number of fused-ring (bicyclic) bond motifs is 1. The molecular formula is C13H21N3OS. The molecule has 0 saturated heterocycles. The maximum Gasteiger partial charge on any atom is 0.240 e. The number of rotatable bonds is 5. The van der Waals surface area contributed by atoms with E-state index in [9.17, 15) is 4.79 Å². The molecule has 0 spiro atoms. The molecule has 4 nitrogen and oxygen atoms in total. The highest BCUT2D eigenvalue weighted by Gasteiger charge is 2.16. The fourth-order valence-electron chi connectivity index (χ4n) is 1.98. The van der Waals surface area contributed by atoms with Crippen molar-refractivity contribution >= 4 is 22.4 Å². The molecule has 1 unspecified atom stereocenters. The van der Waals surface area contributed by atoms with Crippen LogP contribution in [0.2, 0.25) is 0 Å². The summed E-state index contributed by atoms with van der Waals surface area (Å²) in [6.45, 7) is 4.54. The van der Waals surface area contributed by atoms with Crippen LogP contribution in [-0.2, 0) is 17.6 Å². The number of carbonyl (C=O) groups excluding carboxylic acids is 1. The first-order valence-corrected chi connectivity index (χ1v) is 7.52. The summed E-state index contributed by atoms with van der Waals surface area (Å²) in [7, 11) is 0. The summed E-state index contributed by atoms with van der Waals surface area (Å²) in [5, 5.41) is 6.83. The topological polar surface area (TPSA) is 54.0 Å². The zero-order valence-electron chi connectivity index (χ0n) is 11.1. The maximum atomic E-state index is 11.7. The van der Waals surface area contributed by atoms with Crippen molar-refractivity contribution in [2.75, 3.05) is 11.9 Å². The molecule has 1 atom stereocenters. The zero-order chi connectivity index (χ0) is 13.0. The number of nitrogens with zero attached hydrogens (tertiary/aromatic N) is 1. The monoisotopic (exact) mass is 267 g/mol. The van der Waals surface area contributed by atoms with Gasteiger partial charge >= 0.3 is 0 Å². The predicted octanol–water partition coefficient (Wildman–Crippen LogP) is 2.35. The maximum absolute atomic E-state index is 11.7. The van der Waals surface area contributed by atoms with Crippen molar-refractivity contribution in [1.29, 1.82) is 0 Å². The van der Waals surface area contributed by atoms with E-state index in [-0.39, 0.29) is 5.91 Å². The second kappa shape index (κ2) is 6.29. The molecule has 0 fully saturated rings. The number of thiazole rings is 1. The number of amides is 1. The van der Waals surface area contributed by atoms with Crippen LogP contribution in [0.1, 0.15) is 43.7 Å². The van der Waals surface area contributed by atoms with Crippen LogP contribution in [0.4, 0.5) is 5.13 Å². The van der Waals surface area contributed by atoms with Crippen LogP contribution in [0.5, 0.6) is 0 Å². The van der Waals surface area contributed by atoms with Crippen molar-refractivity contribution < 1.29 is 4.79 Å². The summed E-state index contributed by atoms with van der Waals surface area (Å²) >= 11 is 1.63. The van der Waals surface area contributed by atoms with Crippen LogP contribution in [-0.4, -0.2) is 23.5 Å². The highest BCUT2D eigenvalue weighted by Crippen LogP contribution is 2.29. The Hall–Kier alpha value is -0.940. The minimum Gasteiger partial charge on any atom is -0.306 e. The smallest absolute Gasteiger partial charge is 0.240 e. The lowest BCUT2D eigenvalue weighted by Gasteiger charge is -2.09. The van der Waals surface area contributed by atoms with Crippen LogP contribution in [0.25, 0.3) is 0 Å². The predicted molar refractivity (Wildman–Crippen MR) is 75.1 cm³/mol. The van der Waals surface area contributed by atoms with Gasteiger partial charge in [-0.25, -0.2) is 4.98 Å². The van der Waals surface area contributed by atoms with E-state index in [1.165, 1.54) is 23.4 Å². The van der Waals surface area contributed by atoms with Gasteiger partial charge in [-0.3, -0.25) is 4.79 Å². The average Bonchev–Trinajstić information content (AvgIpc) is 2.77. The number of aromatic nitrogens is 1. The summed E-state index contributed by atoms with van der Waals surface area (Å²) in [6.07, 6.45) is 5.68. The lowest BCUT2D eigenvalue weighted by molar-refractivity contribution is -0.115. The van der Waals surface area contributed by atoms with Gasteiger partial charge < -0.3 is 10.6 Å². The number of hydrogen-bond acceptors (Lipinski definition) is 4. The standard InChI is InChI=1S/C13H21N3OS/c1-3-9(2)14-8-12(17)16-13-15-10-6-4-5-7-11(10)18-13/h9,14H,3-8H2,1-2H3,(H,15,16,17). The molecule has 0 aromatic carbocycles. The van der Waals surface area contributed by atoms with Gasteiger partial charge in [0.15, 0.2) is 5.13 Å². The van der Waals surface area contributed by atoms with Crippen molar-refractivity contribution in [2.24, 2.45) is 0 Å². The lowest BCUT2D eigenvalue weighted by Crippen LogP contribution is -2.33. The van der Waals surface area contributed by atoms with E-state index in [2.05, 4.69) is 29.5 Å². The molecule has 1 amide bonds. The fraction of sp³-hybridized carbons (Fsp3) is 0.692. The van der Waals surface area contributed by atoms with Crippen LogP contribution in [0.3, 0.4) is 0 Å². The van der Waals surface area contributed by atoms with Crippen LogP contribution in [0.15, 0.2) is 0 Å². The summed E-state index contributed by atoms with van der Waals surface area (Å²) in [4.78, 5) is 17.6. The van der Waals surface area contributed by atoms with Crippen molar-refractivity contribution in [3.05, 3.63) is 10.6 Å². The Morgan fingerprint density at radius 1 is 1.44 bits per heavy atom. The largest absolute Gasteiger partial charge is 0.306 e. The van der Waals surface area contributed by atoms with Gasteiger partial charge in [-0.05, 0) is 39.0 Å². The minimum absolute atomic E-state index is 0.00129. The first-order chi connectivity index (χ1) is 8.69. The van der Waals surface area contributed by atoms with Gasteiger partial charge in [0.1, 0.15) is 0 Å². The Morgan fingerprint density at radius 2 is 2.22 bits per heavy atom. The van der Waals surface area contributed by atoms with Crippen molar-refractivity contribution in [3.8, 4) is 0 Å². The Bertz CT molecular complexity index is 393. The van der Waals surface area contributed by atoms with E-state index in [1.807, 2.05) is 0 Å². The first kappa shape index (κ1) is 13.5. The summed E-state index contributed by atoms with van der Waals surface area (Å²) < 4.78 is 0. The van der Waals surface area contributed by atoms with E-state index < -0.39 is 0 Å². The third-order valence-corrected chi connectivity index (χ3v) is 4.39. The number of anilines is 1. The Morgan fingerprint density at radius 3 is 2.94 bits per heavy atom. The molecule has 0 radical (unpaired) electrons. The first-order valence-electron chi connectivity index (χ1n) is 6.71. The van der Waals surface area contributed by atoms with Gasteiger partial charge in [0.2, 0.25) is 5.91 Å². The van der Waals surface area contributed by atoms with Gasteiger partial charge in [-0.1, -0.05) is 6.92 Å². The number of hydrogen-bond donors (Lipinski definition) is 2. The highest BCUT2D eigenvalue weighted by molar-refractivity contribution is 7.15. The third-order valence-electron chi connectivity index (χ3n) is 3.32. The quantitative estimate of drug-likeness (QED) is 0.861. The van der Waals surface area contributed by atoms with Gasteiger partial charge in [-0.15, -0.1) is 11.3 Å². The second-order valence-electron chi connectivity index (χ2n) is 4.83. The van der Waals surface area contributed by atoms with E-state index in [0.717, 1.165) is 24.4 Å². The third kappa shape index (κ3) is 3.53. The molecule has 1 aliphatic carbocycles. The number of carbonyl (C=O) groups is 1. The molecule has 0 aliphatic heterocycles. The normalized spacial score (nSPS) is 16.1. The molecule has 18 heavy (non-hydrogen) atoms. The molecule has 2 rings (SSSR count). The Balaban J connectivity index is 1.85. The summed E-state index contributed by atoms with van der Waals surface area (Å²) in [6, 6.07) is 0.375. The van der Waals surface area contributed by atoms with E-state index in [4.69, 9.17) is 0 Å². The van der Waals surface area contributed by atoms with Gasteiger partial charge in [-0.2, -0.15) is 0 Å². The lowest BCUT2D eigenvalue weighted by atomic mass is 10.0. The van der Waals surface area contributed by atoms with E-state index in [1.54, 1.807) is 11.3 Å². The van der Waals surface area contributed by atoms with Crippen LogP contribution in [0, 0.1) is 0 Å². The minimum atomic E-state index is 0.00129. The van der Waals surface area contributed by atoms with E-state index >= 15 is 0 Å². The molecule has 100 valence electrons. The second-order valence-corrected chi connectivity index (χ2v) is 5.92. The molecule has 1 aromatic heterocycles. The molecule has 1 heterocycles. The molecular weight excluding hydrogens is 246 g/mol. The number of nitrogens with one attached hydrogen (secondary N) is 2. The summed E-state index contributed by atoms with van der Waals surface area (Å²) in [5.74, 6) is 0.00129. The number of aryl methyl sites for hydroxylation is 2. The molecule has 1 aromatic rings. The van der Waals surface area contributed by atoms with Crippen molar-refractivity contribution in [2.45, 2.75) is 52.0 Å². The van der Waals surface area contributed by atoms with Gasteiger partial charge in [0.25, 0.3) is 0 Å². The molecule has 1 aliphatic rings.